The van der Waals surface area contributed by atoms with Crippen LogP contribution in [0.2, 0.25) is 0 Å². The summed E-state index contributed by atoms with van der Waals surface area (Å²) in [5.74, 6) is -1.41. The van der Waals surface area contributed by atoms with Crippen molar-refractivity contribution >= 4 is 18.0 Å². The van der Waals surface area contributed by atoms with Gasteiger partial charge in [-0.2, -0.15) is 5.26 Å². The van der Waals surface area contributed by atoms with Crippen molar-refractivity contribution in [3.63, 3.8) is 0 Å². The summed E-state index contributed by atoms with van der Waals surface area (Å²) in [5.41, 5.74) is 4.36. The highest BCUT2D eigenvalue weighted by Gasteiger charge is 2.16. The van der Waals surface area contributed by atoms with E-state index in [9.17, 15) is 20.0 Å². The first-order valence-corrected chi connectivity index (χ1v) is 8.61. The molecule has 140 valence electrons. The summed E-state index contributed by atoms with van der Waals surface area (Å²) in [6.07, 6.45) is 1.56. The van der Waals surface area contributed by atoms with Crippen LogP contribution in [0.3, 0.4) is 0 Å². The highest BCUT2D eigenvalue weighted by atomic mass is 16.4. The molecule has 0 bridgehead atoms. The van der Waals surface area contributed by atoms with Crippen LogP contribution in [0.5, 0.6) is 0 Å². The molecular formula is C21H23N3O3. The fourth-order valence-corrected chi connectivity index (χ4v) is 2.93. The maximum Gasteiger partial charge on any atom is 0.335 e. The number of carboxylic acids is 1. The fraction of sp³-hybridized carbons (Fsp3) is 0.286. The zero-order valence-electron chi connectivity index (χ0n) is 16.1. The zero-order chi connectivity index (χ0) is 20.3. The van der Waals surface area contributed by atoms with Crippen molar-refractivity contribution in [3.05, 3.63) is 57.9 Å². The second-order valence-corrected chi connectivity index (χ2v) is 6.77. The quantitative estimate of drug-likeness (QED) is 0.626. The van der Waals surface area contributed by atoms with Crippen LogP contribution in [0.15, 0.2) is 29.8 Å². The molecule has 2 rings (SSSR count). The molecule has 6 heteroatoms. The van der Waals surface area contributed by atoms with E-state index in [1.165, 1.54) is 0 Å². The van der Waals surface area contributed by atoms with Crippen molar-refractivity contribution in [2.24, 2.45) is 0 Å². The van der Waals surface area contributed by atoms with E-state index in [2.05, 4.69) is 5.32 Å². The first-order valence-electron chi connectivity index (χ1n) is 8.61. The minimum absolute atomic E-state index is 0.0277. The Morgan fingerprint density at radius 1 is 1.22 bits per heavy atom. The number of hydrogen-bond donors (Lipinski definition) is 2. The zero-order valence-corrected chi connectivity index (χ0v) is 16.1. The van der Waals surface area contributed by atoms with Crippen LogP contribution >= 0.6 is 0 Å². The van der Waals surface area contributed by atoms with Gasteiger partial charge in [-0.3, -0.25) is 4.79 Å². The van der Waals surface area contributed by atoms with E-state index in [-0.39, 0.29) is 17.2 Å². The predicted octanol–water partition coefficient (Wildman–Crippen LogP) is 3.53. The van der Waals surface area contributed by atoms with Crippen LogP contribution in [-0.2, 0) is 4.79 Å². The first kappa shape index (κ1) is 20.0. The van der Waals surface area contributed by atoms with Gasteiger partial charge in [-0.05, 0) is 70.0 Å². The summed E-state index contributed by atoms with van der Waals surface area (Å²) in [4.78, 5) is 23.5. The molecule has 2 aromatic rings. The van der Waals surface area contributed by atoms with E-state index in [0.717, 1.165) is 28.2 Å². The van der Waals surface area contributed by atoms with Crippen LogP contribution in [-0.4, -0.2) is 27.6 Å². The molecule has 1 aromatic carbocycles. The van der Waals surface area contributed by atoms with E-state index in [4.69, 9.17) is 0 Å². The predicted molar refractivity (Wildman–Crippen MR) is 104 cm³/mol. The molecule has 0 aliphatic heterocycles. The fourth-order valence-electron chi connectivity index (χ4n) is 2.93. The largest absolute Gasteiger partial charge is 0.478 e. The molecule has 0 fully saturated rings. The number of carbonyl (C=O) groups is 2. The molecule has 1 heterocycles. The van der Waals surface area contributed by atoms with Crippen molar-refractivity contribution in [2.75, 3.05) is 0 Å². The summed E-state index contributed by atoms with van der Waals surface area (Å²) >= 11 is 0. The molecule has 6 nitrogen and oxygen atoms in total. The molecule has 0 unspecified atom stereocenters. The number of aromatic nitrogens is 1. The summed E-state index contributed by atoms with van der Waals surface area (Å²) in [6, 6.07) is 8.72. The van der Waals surface area contributed by atoms with Crippen molar-refractivity contribution in [2.45, 2.75) is 40.7 Å². The minimum Gasteiger partial charge on any atom is -0.478 e. The standard InChI is InChI=1S/C21H23N3O3/c1-12(2)23-20(25)18(11-22)9-17-8-14(4)24(15(17)5)19-10-16(21(26)27)7-6-13(19)3/h6-10,12H,1-5H3,(H,23,25)(H,26,27)/b18-9-. The van der Waals surface area contributed by atoms with Crippen LogP contribution < -0.4 is 5.32 Å². The van der Waals surface area contributed by atoms with Gasteiger partial charge in [0, 0.05) is 23.1 Å². The Balaban J connectivity index is 2.57. The monoisotopic (exact) mass is 365 g/mol. The Kier molecular flexibility index (Phi) is 5.86. The molecule has 0 saturated carbocycles. The minimum atomic E-state index is -0.990. The third-order valence-electron chi connectivity index (χ3n) is 4.25. The molecule has 0 radical (unpaired) electrons. The molecule has 0 atom stereocenters. The smallest absolute Gasteiger partial charge is 0.335 e. The number of carboxylic acid groups (broad SMARTS) is 1. The van der Waals surface area contributed by atoms with Crippen molar-refractivity contribution < 1.29 is 14.7 Å². The van der Waals surface area contributed by atoms with Gasteiger partial charge in [0.25, 0.3) is 5.91 Å². The van der Waals surface area contributed by atoms with E-state index >= 15 is 0 Å². The number of carbonyl (C=O) groups excluding carboxylic acids is 1. The van der Waals surface area contributed by atoms with Crippen LogP contribution in [0, 0.1) is 32.1 Å². The molecule has 2 N–H and O–H groups in total. The van der Waals surface area contributed by atoms with Crippen LogP contribution in [0.4, 0.5) is 0 Å². The lowest BCUT2D eigenvalue weighted by Gasteiger charge is -2.13. The second-order valence-electron chi connectivity index (χ2n) is 6.77. The maximum atomic E-state index is 12.2. The Hall–Kier alpha value is -3.33. The molecule has 0 aliphatic carbocycles. The molecule has 27 heavy (non-hydrogen) atoms. The highest BCUT2D eigenvalue weighted by Crippen LogP contribution is 2.26. The van der Waals surface area contributed by atoms with Gasteiger partial charge in [-0.1, -0.05) is 6.07 Å². The van der Waals surface area contributed by atoms with Crippen molar-refractivity contribution in [3.8, 4) is 11.8 Å². The topological polar surface area (TPSA) is 95.1 Å². The number of benzene rings is 1. The number of rotatable bonds is 5. The van der Waals surface area contributed by atoms with E-state index in [1.54, 1.807) is 24.3 Å². The molecule has 0 aliphatic rings. The van der Waals surface area contributed by atoms with Crippen LogP contribution in [0.25, 0.3) is 11.8 Å². The lowest BCUT2D eigenvalue weighted by molar-refractivity contribution is -0.117. The first-order chi connectivity index (χ1) is 12.6. The number of aryl methyl sites for hydroxylation is 2. The van der Waals surface area contributed by atoms with Gasteiger partial charge in [0.2, 0.25) is 0 Å². The second kappa shape index (κ2) is 7.92. The van der Waals surface area contributed by atoms with Crippen molar-refractivity contribution in [1.82, 2.24) is 9.88 Å². The summed E-state index contributed by atoms with van der Waals surface area (Å²) < 4.78 is 1.93. The average molecular weight is 365 g/mol. The van der Waals surface area contributed by atoms with Crippen molar-refractivity contribution in [1.29, 1.82) is 5.26 Å². The van der Waals surface area contributed by atoms with Crippen LogP contribution in [0.1, 0.15) is 46.7 Å². The number of aromatic carboxylic acids is 1. The lowest BCUT2D eigenvalue weighted by Crippen LogP contribution is -2.30. The van der Waals surface area contributed by atoms with Gasteiger partial charge >= 0.3 is 5.97 Å². The molecular weight excluding hydrogens is 342 g/mol. The summed E-state index contributed by atoms with van der Waals surface area (Å²) in [6.45, 7) is 9.35. The van der Waals surface area contributed by atoms with Gasteiger partial charge in [-0.15, -0.1) is 0 Å². The number of nitriles is 1. The Morgan fingerprint density at radius 2 is 1.89 bits per heavy atom. The maximum absolute atomic E-state index is 12.2. The molecule has 1 aromatic heterocycles. The molecule has 1 amide bonds. The van der Waals surface area contributed by atoms with Gasteiger partial charge in [0.1, 0.15) is 11.6 Å². The Bertz CT molecular complexity index is 975. The van der Waals surface area contributed by atoms with Gasteiger partial charge in [0.15, 0.2) is 0 Å². The Morgan fingerprint density at radius 3 is 2.44 bits per heavy atom. The SMILES string of the molecule is Cc1ccc(C(=O)O)cc1-n1c(C)cc(/C=C(/C#N)C(=O)NC(C)C)c1C. The van der Waals surface area contributed by atoms with E-state index < -0.39 is 11.9 Å². The van der Waals surface area contributed by atoms with Gasteiger partial charge < -0.3 is 15.0 Å². The summed E-state index contributed by atoms with van der Waals surface area (Å²) in [7, 11) is 0. The third-order valence-corrected chi connectivity index (χ3v) is 4.25. The van der Waals surface area contributed by atoms with Gasteiger partial charge in [0.05, 0.1) is 5.56 Å². The number of nitrogens with zero attached hydrogens (tertiary/aromatic N) is 2. The molecule has 0 spiro atoms. The lowest BCUT2D eigenvalue weighted by atomic mass is 10.1. The summed E-state index contributed by atoms with van der Waals surface area (Å²) in [5, 5.41) is 21.3. The normalized spacial score (nSPS) is 11.4. The van der Waals surface area contributed by atoms with E-state index in [1.807, 2.05) is 51.3 Å². The van der Waals surface area contributed by atoms with Gasteiger partial charge in [-0.25, -0.2) is 4.79 Å². The average Bonchev–Trinajstić information content (AvgIpc) is 2.86. The third kappa shape index (κ3) is 4.26. The number of amides is 1. The Labute approximate surface area is 158 Å². The molecule has 0 saturated heterocycles. The van der Waals surface area contributed by atoms with E-state index in [0.29, 0.717) is 0 Å². The highest BCUT2D eigenvalue weighted by molar-refractivity contribution is 6.02. The number of hydrogen-bond acceptors (Lipinski definition) is 3. The number of nitrogens with one attached hydrogen (secondary N) is 1.